The average molecular weight is 398 g/mol. The summed E-state index contributed by atoms with van der Waals surface area (Å²) in [6.45, 7) is 5.92. The fourth-order valence-corrected chi connectivity index (χ4v) is 4.15. The first kappa shape index (κ1) is 18.4. The highest BCUT2D eigenvalue weighted by atomic mass is 16.6. The Labute approximate surface area is 174 Å². The van der Waals surface area contributed by atoms with Gasteiger partial charge in [0.25, 0.3) is 0 Å². The second-order valence-electron chi connectivity index (χ2n) is 8.16. The molecule has 30 heavy (non-hydrogen) atoms. The van der Waals surface area contributed by atoms with E-state index >= 15 is 0 Å². The first-order valence-electron chi connectivity index (χ1n) is 9.93. The Morgan fingerprint density at radius 1 is 0.967 bits per heavy atom. The Hall–Kier alpha value is -3.67. The van der Waals surface area contributed by atoms with Gasteiger partial charge in [-0.05, 0) is 68.3 Å². The predicted octanol–water partition coefficient (Wildman–Crippen LogP) is 5.18. The summed E-state index contributed by atoms with van der Waals surface area (Å²) in [7, 11) is 0. The van der Waals surface area contributed by atoms with Crippen LogP contribution < -0.4 is 4.90 Å². The van der Waals surface area contributed by atoms with Crippen molar-refractivity contribution in [1.82, 2.24) is 14.6 Å². The Bertz CT molecular complexity index is 1230. The summed E-state index contributed by atoms with van der Waals surface area (Å²) < 4.78 is 7.67. The van der Waals surface area contributed by atoms with Gasteiger partial charge >= 0.3 is 6.09 Å². The molecule has 2 aromatic heterocycles. The molecular formula is C24H22N4O2. The Morgan fingerprint density at radius 3 is 2.43 bits per heavy atom. The van der Waals surface area contributed by atoms with Crippen molar-refractivity contribution >= 4 is 17.4 Å². The monoisotopic (exact) mass is 398 g/mol. The van der Waals surface area contributed by atoms with Crippen molar-refractivity contribution < 1.29 is 9.53 Å². The number of carbonyl (C=O) groups is 1. The first-order chi connectivity index (χ1) is 14.4. The number of carbonyl (C=O) groups excluding carboxylic acids is 1. The molecule has 1 unspecified atom stereocenters. The Morgan fingerprint density at radius 2 is 1.70 bits per heavy atom. The van der Waals surface area contributed by atoms with Crippen LogP contribution in [0.3, 0.4) is 0 Å². The van der Waals surface area contributed by atoms with Crippen LogP contribution in [-0.2, 0) is 4.74 Å². The Kier molecular flexibility index (Phi) is 4.10. The third-order valence-corrected chi connectivity index (χ3v) is 5.55. The molecule has 1 aliphatic rings. The van der Waals surface area contributed by atoms with E-state index in [2.05, 4.69) is 10.2 Å². The molecule has 0 bridgehead atoms. The molecule has 4 aromatic rings. The molecule has 1 amide bonds. The zero-order chi connectivity index (χ0) is 20.9. The third kappa shape index (κ3) is 2.92. The first-order valence-corrected chi connectivity index (χ1v) is 9.93. The molecule has 0 radical (unpaired) electrons. The summed E-state index contributed by atoms with van der Waals surface area (Å²) in [5.41, 5.74) is 4.06. The van der Waals surface area contributed by atoms with E-state index in [0.29, 0.717) is 0 Å². The third-order valence-electron chi connectivity index (χ3n) is 5.55. The van der Waals surface area contributed by atoms with E-state index in [9.17, 15) is 4.79 Å². The number of hydrogen-bond acceptors (Lipinski definition) is 4. The van der Waals surface area contributed by atoms with Gasteiger partial charge in [-0.25, -0.2) is 4.79 Å². The lowest BCUT2D eigenvalue weighted by Gasteiger charge is -2.29. The number of nitrogens with zero attached hydrogens (tertiary/aromatic N) is 4. The second-order valence-corrected chi connectivity index (χ2v) is 8.16. The van der Waals surface area contributed by atoms with Crippen molar-refractivity contribution in [2.24, 2.45) is 0 Å². The molecule has 0 aliphatic carbocycles. The molecule has 2 aromatic carbocycles. The average Bonchev–Trinajstić information content (AvgIpc) is 3.25. The number of rotatable bonds is 3. The molecule has 1 fully saturated rings. The maximum absolute atomic E-state index is 12.8. The second kappa shape index (κ2) is 6.69. The number of amides is 1. The van der Waals surface area contributed by atoms with E-state index in [0.717, 1.165) is 33.8 Å². The number of aromatic nitrogens is 3. The molecule has 0 saturated carbocycles. The maximum atomic E-state index is 12.8. The number of aryl methyl sites for hydroxylation is 1. The smallest absolute Gasteiger partial charge is 0.415 e. The molecule has 0 spiro atoms. The van der Waals surface area contributed by atoms with Gasteiger partial charge in [0.1, 0.15) is 11.6 Å². The van der Waals surface area contributed by atoms with Gasteiger partial charge in [-0.2, -0.15) is 0 Å². The zero-order valence-corrected chi connectivity index (χ0v) is 17.1. The Balaban J connectivity index is 1.53. The number of pyridine rings is 1. The summed E-state index contributed by atoms with van der Waals surface area (Å²) in [4.78, 5) is 14.5. The number of cyclic esters (lactones) is 1. The number of benzene rings is 2. The van der Waals surface area contributed by atoms with Crippen LogP contribution in [0.4, 0.5) is 10.5 Å². The van der Waals surface area contributed by atoms with E-state index in [4.69, 9.17) is 4.74 Å². The summed E-state index contributed by atoms with van der Waals surface area (Å²) in [6, 6.07) is 21.6. The van der Waals surface area contributed by atoms with Crippen molar-refractivity contribution in [3.63, 3.8) is 0 Å². The van der Waals surface area contributed by atoms with Crippen LogP contribution in [0.25, 0.3) is 17.0 Å². The lowest BCUT2D eigenvalue weighted by molar-refractivity contribution is 0.0685. The van der Waals surface area contributed by atoms with Gasteiger partial charge in [0.15, 0.2) is 11.5 Å². The van der Waals surface area contributed by atoms with Crippen LogP contribution in [0.2, 0.25) is 0 Å². The zero-order valence-electron chi connectivity index (χ0n) is 17.1. The highest BCUT2D eigenvalue weighted by Gasteiger charge is 2.49. The molecule has 1 aliphatic heterocycles. The fourth-order valence-electron chi connectivity index (χ4n) is 4.15. The van der Waals surface area contributed by atoms with Crippen LogP contribution >= 0.6 is 0 Å². The van der Waals surface area contributed by atoms with E-state index in [1.165, 1.54) is 0 Å². The molecule has 1 atom stereocenters. The van der Waals surface area contributed by atoms with E-state index in [1.807, 2.05) is 98.1 Å². The highest BCUT2D eigenvalue weighted by molar-refractivity contribution is 5.92. The van der Waals surface area contributed by atoms with Gasteiger partial charge in [0.2, 0.25) is 0 Å². The summed E-state index contributed by atoms with van der Waals surface area (Å²) in [6.07, 6.45) is 1.63. The fraction of sp³-hybridized carbons (Fsp3) is 0.208. The minimum absolute atomic E-state index is 0.214. The quantitative estimate of drug-likeness (QED) is 0.477. The van der Waals surface area contributed by atoms with Crippen LogP contribution in [0.15, 0.2) is 72.9 Å². The molecular weight excluding hydrogens is 376 g/mol. The minimum atomic E-state index is -0.641. The molecule has 5 rings (SSSR count). The van der Waals surface area contributed by atoms with Crippen LogP contribution in [0, 0.1) is 6.92 Å². The van der Waals surface area contributed by atoms with Gasteiger partial charge in [-0.3, -0.25) is 9.30 Å². The maximum Gasteiger partial charge on any atom is 0.415 e. The van der Waals surface area contributed by atoms with Gasteiger partial charge in [0.05, 0.1) is 0 Å². The number of fused-ring (bicyclic) bond motifs is 1. The molecule has 6 nitrogen and oxygen atoms in total. The molecule has 3 heterocycles. The standard InChI is InChI=1S/C24H22N4O2/c1-16-13-14-27-20(15-16)25-26-22(27)18-9-11-19(12-10-18)28-21(17-7-5-4-6-8-17)24(2,3)30-23(28)29/h4-15,21H,1-3H3. The summed E-state index contributed by atoms with van der Waals surface area (Å²) >= 11 is 0. The van der Waals surface area contributed by atoms with E-state index in [-0.39, 0.29) is 12.1 Å². The summed E-state index contributed by atoms with van der Waals surface area (Å²) in [5.74, 6) is 0.764. The van der Waals surface area contributed by atoms with Crippen molar-refractivity contribution in [3.8, 4) is 11.4 Å². The molecule has 0 N–H and O–H groups in total. The van der Waals surface area contributed by atoms with Crippen LogP contribution in [0.1, 0.15) is 31.0 Å². The van der Waals surface area contributed by atoms with E-state index in [1.54, 1.807) is 4.90 Å². The predicted molar refractivity (Wildman–Crippen MR) is 115 cm³/mol. The largest absolute Gasteiger partial charge is 0.441 e. The van der Waals surface area contributed by atoms with Crippen molar-refractivity contribution in [2.45, 2.75) is 32.4 Å². The van der Waals surface area contributed by atoms with Crippen LogP contribution in [0.5, 0.6) is 0 Å². The van der Waals surface area contributed by atoms with Crippen molar-refractivity contribution in [2.75, 3.05) is 4.90 Å². The molecule has 150 valence electrons. The van der Waals surface area contributed by atoms with Gasteiger partial charge < -0.3 is 4.74 Å². The van der Waals surface area contributed by atoms with Gasteiger partial charge in [-0.1, -0.05) is 30.3 Å². The van der Waals surface area contributed by atoms with Crippen LogP contribution in [-0.4, -0.2) is 26.3 Å². The lowest BCUT2D eigenvalue weighted by Crippen LogP contribution is -2.33. The van der Waals surface area contributed by atoms with E-state index < -0.39 is 5.60 Å². The minimum Gasteiger partial charge on any atom is -0.441 e. The molecule has 1 saturated heterocycles. The molecule has 6 heteroatoms. The normalized spacial score (nSPS) is 18.0. The summed E-state index contributed by atoms with van der Waals surface area (Å²) in [5, 5.41) is 8.61. The number of ether oxygens (including phenoxy) is 1. The van der Waals surface area contributed by atoms with Gasteiger partial charge in [-0.15, -0.1) is 10.2 Å². The van der Waals surface area contributed by atoms with Gasteiger partial charge in [0, 0.05) is 17.4 Å². The number of hydrogen-bond donors (Lipinski definition) is 0. The topological polar surface area (TPSA) is 59.7 Å². The number of anilines is 1. The van der Waals surface area contributed by atoms with Crippen molar-refractivity contribution in [1.29, 1.82) is 0 Å². The van der Waals surface area contributed by atoms with Crippen molar-refractivity contribution in [3.05, 3.63) is 84.1 Å². The highest BCUT2D eigenvalue weighted by Crippen LogP contribution is 2.43. The SMILES string of the molecule is Cc1ccn2c(-c3ccc(N4C(=O)OC(C)(C)C4c4ccccc4)cc3)nnc2c1. The lowest BCUT2D eigenvalue weighted by atomic mass is 9.91.